The maximum atomic E-state index is 2.30. The fourth-order valence-electron chi connectivity index (χ4n) is 2.57. The fraction of sp³-hybridized carbons (Fsp3) is 1.00. The molecule has 0 amide bonds. The van der Waals surface area contributed by atoms with Crippen LogP contribution in [0, 0.1) is 0 Å². The van der Waals surface area contributed by atoms with E-state index in [2.05, 4.69) is 25.6 Å². The molecular weight excluding hydrogens is 260 g/mol. The lowest BCUT2D eigenvalue weighted by Gasteiger charge is -2.03. The van der Waals surface area contributed by atoms with Crippen LogP contribution in [0.2, 0.25) is 0 Å². The molecule has 0 N–H and O–H groups in total. The number of thioether (sulfide) groups is 1. The van der Waals surface area contributed by atoms with E-state index < -0.39 is 0 Å². The van der Waals surface area contributed by atoms with Crippen LogP contribution in [0.3, 0.4) is 0 Å². The summed E-state index contributed by atoms with van der Waals surface area (Å²) in [4.78, 5) is 0. The van der Waals surface area contributed by atoms with Gasteiger partial charge in [0.15, 0.2) is 0 Å². The van der Waals surface area contributed by atoms with E-state index >= 15 is 0 Å². The molecule has 0 aromatic carbocycles. The Balaban J connectivity index is 2.89. The third-order valence-electron chi connectivity index (χ3n) is 4.03. The lowest BCUT2D eigenvalue weighted by Crippen LogP contribution is -1.85. The molecule has 0 saturated heterocycles. The van der Waals surface area contributed by atoms with Crippen molar-refractivity contribution in [2.75, 3.05) is 11.5 Å². The van der Waals surface area contributed by atoms with Crippen molar-refractivity contribution in [3.63, 3.8) is 0 Å². The SMILES string of the molecule is CCCCCCCCCCCCCCCSCCCC. The molecule has 0 aliphatic rings. The van der Waals surface area contributed by atoms with E-state index in [0.717, 1.165) is 0 Å². The predicted octanol–water partition coefficient (Wildman–Crippen LogP) is 7.61. The molecule has 0 aliphatic heterocycles. The van der Waals surface area contributed by atoms with Crippen molar-refractivity contribution in [1.82, 2.24) is 0 Å². The predicted molar refractivity (Wildman–Crippen MR) is 97.9 cm³/mol. The molecule has 0 bridgehead atoms. The highest BCUT2D eigenvalue weighted by Gasteiger charge is 1.94. The molecule has 0 unspecified atom stereocenters. The Hall–Kier alpha value is 0.350. The molecule has 0 fully saturated rings. The topological polar surface area (TPSA) is 0 Å². The highest BCUT2D eigenvalue weighted by molar-refractivity contribution is 7.99. The molecule has 20 heavy (non-hydrogen) atoms. The van der Waals surface area contributed by atoms with Crippen LogP contribution in [0.25, 0.3) is 0 Å². The quantitative estimate of drug-likeness (QED) is 0.249. The number of rotatable bonds is 17. The summed E-state index contributed by atoms with van der Waals surface area (Å²) in [5.41, 5.74) is 0. The maximum absolute atomic E-state index is 2.30. The second-order valence-electron chi connectivity index (χ2n) is 6.21. The van der Waals surface area contributed by atoms with Crippen LogP contribution < -0.4 is 0 Å². The van der Waals surface area contributed by atoms with Gasteiger partial charge in [0.05, 0.1) is 0 Å². The van der Waals surface area contributed by atoms with Gasteiger partial charge in [-0.25, -0.2) is 0 Å². The van der Waals surface area contributed by atoms with Crippen LogP contribution in [-0.2, 0) is 0 Å². The van der Waals surface area contributed by atoms with Gasteiger partial charge in [0, 0.05) is 0 Å². The van der Waals surface area contributed by atoms with Crippen molar-refractivity contribution in [2.24, 2.45) is 0 Å². The summed E-state index contributed by atoms with van der Waals surface area (Å²) in [7, 11) is 0. The van der Waals surface area contributed by atoms with Gasteiger partial charge in [-0.1, -0.05) is 97.3 Å². The van der Waals surface area contributed by atoms with E-state index in [9.17, 15) is 0 Å². The molecule has 0 heterocycles. The largest absolute Gasteiger partial charge is 0.162 e. The molecule has 0 radical (unpaired) electrons. The summed E-state index contributed by atoms with van der Waals surface area (Å²) in [6.45, 7) is 4.58. The van der Waals surface area contributed by atoms with E-state index in [1.807, 2.05) is 0 Å². The Morgan fingerprint density at radius 3 is 1.20 bits per heavy atom. The first-order valence-corrected chi connectivity index (χ1v) is 10.6. The molecule has 0 atom stereocenters. The zero-order valence-electron chi connectivity index (χ0n) is 14.4. The molecule has 0 aromatic rings. The molecule has 122 valence electrons. The van der Waals surface area contributed by atoms with Crippen LogP contribution in [-0.4, -0.2) is 11.5 Å². The highest BCUT2D eigenvalue weighted by atomic mass is 32.2. The van der Waals surface area contributed by atoms with Crippen molar-refractivity contribution in [1.29, 1.82) is 0 Å². The number of unbranched alkanes of at least 4 members (excludes halogenated alkanes) is 13. The van der Waals surface area contributed by atoms with Crippen LogP contribution >= 0.6 is 11.8 Å². The Morgan fingerprint density at radius 1 is 0.400 bits per heavy atom. The van der Waals surface area contributed by atoms with Crippen LogP contribution in [0.4, 0.5) is 0 Å². The van der Waals surface area contributed by atoms with Crippen molar-refractivity contribution in [2.45, 2.75) is 110 Å². The Morgan fingerprint density at radius 2 is 0.750 bits per heavy atom. The standard InChI is InChI=1S/C19H40S/c1-3-5-7-8-9-10-11-12-13-14-15-16-17-19-20-18-6-4-2/h3-19H2,1-2H3. The zero-order chi connectivity index (χ0) is 14.7. The van der Waals surface area contributed by atoms with E-state index in [0.29, 0.717) is 0 Å². The van der Waals surface area contributed by atoms with Gasteiger partial charge >= 0.3 is 0 Å². The minimum atomic E-state index is 1.35. The summed E-state index contributed by atoms with van der Waals surface area (Å²) >= 11 is 2.16. The molecule has 0 rings (SSSR count). The van der Waals surface area contributed by atoms with Crippen molar-refractivity contribution in [3.05, 3.63) is 0 Å². The second-order valence-corrected chi connectivity index (χ2v) is 7.43. The minimum Gasteiger partial charge on any atom is -0.162 e. The third kappa shape index (κ3) is 18.4. The van der Waals surface area contributed by atoms with E-state index in [4.69, 9.17) is 0 Å². The lowest BCUT2D eigenvalue weighted by molar-refractivity contribution is 0.543. The van der Waals surface area contributed by atoms with Gasteiger partial charge < -0.3 is 0 Å². The monoisotopic (exact) mass is 300 g/mol. The van der Waals surface area contributed by atoms with Gasteiger partial charge in [0.1, 0.15) is 0 Å². The normalized spacial score (nSPS) is 11.1. The maximum Gasteiger partial charge on any atom is -0.00675 e. The van der Waals surface area contributed by atoms with Crippen LogP contribution in [0.15, 0.2) is 0 Å². The van der Waals surface area contributed by atoms with Crippen molar-refractivity contribution < 1.29 is 0 Å². The zero-order valence-corrected chi connectivity index (χ0v) is 15.2. The average molecular weight is 301 g/mol. The highest BCUT2D eigenvalue weighted by Crippen LogP contribution is 2.14. The van der Waals surface area contributed by atoms with Gasteiger partial charge in [0.25, 0.3) is 0 Å². The van der Waals surface area contributed by atoms with Crippen LogP contribution in [0.1, 0.15) is 110 Å². The Labute approximate surface area is 133 Å². The fourth-order valence-corrected chi connectivity index (χ4v) is 3.68. The third-order valence-corrected chi connectivity index (χ3v) is 5.19. The van der Waals surface area contributed by atoms with Gasteiger partial charge in [0.2, 0.25) is 0 Å². The van der Waals surface area contributed by atoms with Gasteiger partial charge in [-0.05, 0) is 24.3 Å². The number of hydrogen-bond donors (Lipinski definition) is 0. The Kier molecular flexibility index (Phi) is 19.7. The van der Waals surface area contributed by atoms with Crippen LogP contribution in [0.5, 0.6) is 0 Å². The van der Waals surface area contributed by atoms with E-state index in [1.165, 1.54) is 108 Å². The molecule has 0 aromatic heterocycles. The number of hydrogen-bond acceptors (Lipinski definition) is 1. The average Bonchev–Trinajstić information content (AvgIpc) is 2.47. The first kappa shape index (κ1) is 20.3. The second kappa shape index (κ2) is 19.4. The first-order valence-electron chi connectivity index (χ1n) is 9.49. The lowest BCUT2D eigenvalue weighted by atomic mass is 10.1. The molecule has 0 nitrogen and oxygen atoms in total. The van der Waals surface area contributed by atoms with Crippen molar-refractivity contribution >= 4 is 11.8 Å². The molecular formula is C19H40S. The molecule has 0 spiro atoms. The first-order chi connectivity index (χ1) is 9.91. The smallest absolute Gasteiger partial charge is 0.00675 e. The summed E-state index contributed by atoms with van der Waals surface area (Å²) < 4.78 is 0. The van der Waals surface area contributed by atoms with E-state index in [-0.39, 0.29) is 0 Å². The molecule has 0 saturated carbocycles. The summed E-state index contributed by atoms with van der Waals surface area (Å²) in [6, 6.07) is 0. The molecule has 0 aliphatic carbocycles. The summed E-state index contributed by atoms with van der Waals surface area (Å²) in [5, 5.41) is 0. The Bertz CT molecular complexity index is 138. The minimum absolute atomic E-state index is 1.35. The summed E-state index contributed by atoms with van der Waals surface area (Å²) in [5.74, 6) is 2.78. The van der Waals surface area contributed by atoms with E-state index in [1.54, 1.807) is 0 Å². The summed E-state index contributed by atoms with van der Waals surface area (Å²) in [6.07, 6.45) is 21.8. The van der Waals surface area contributed by atoms with Gasteiger partial charge in [-0.3, -0.25) is 0 Å². The molecule has 1 heteroatoms. The van der Waals surface area contributed by atoms with Crippen molar-refractivity contribution in [3.8, 4) is 0 Å². The van der Waals surface area contributed by atoms with Gasteiger partial charge in [-0.2, -0.15) is 11.8 Å². The van der Waals surface area contributed by atoms with Gasteiger partial charge in [-0.15, -0.1) is 0 Å².